The van der Waals surface area contributed by atoms with Gasteiger partial charge in [-0.25, -0.2) is 0 Å². The summed E-state index contributed by atoms with van der Waals surface area (Å²) >= 11 is 5.07. The fourth-order valence-electron chi connectivity index (χ4n) is 1.87. The van der Waals surface area contributed by atoms with Gasteiger partial charge in [-0.2, -0.15) is 0 Å². The quantitative estimate of drug-likeness (QED) is 0.888. The van der Waals surface area contributed by atoms with Gasteiger partial charge in [0.1, 0.15) is 6.10 Å². The molecule has 19 heavy (non-hydrogen) atoms. The van der Waals surface area contributed by atoms with E-state index in [9.17, 15) is 5.11 Å². The average molecular weight is 341 g/mol. The maximum absolute atomic E-state index is 10.4. The summed E-state index contributed by atoms with van der Waals surface area (Å²) in [6.07, 6.45) is 0.350. The maximum Gasteiger partial charge on any atom is 0.113 e. The van der Waals surface area contributed by atoms with Gasteiger partial charge in [0.15, 0.2) is 0 Å². The summed E-state index contributed by atoms with van der Waals surface area (Å²) in [4.78, 5) is 0.967. The third kappa shape index (κ3) is 3.66. The second kappa shape index (κ2) is 6.66. The van der Waals surface area contributed by atoms with Crippen LogP contribution >= 0.6 is 27.3 Å². The van der Waals surface area contributed by atoms with Gasteiger partial charge in [-0.05, 0) is 52.0 Å². The number of thiophene rings is 1. The number of benzene rings is 1. The Morgan fingerprint density at radius 3 is 2.53 bits per heavy atom. The molecule has 0 fully saturated rings. The van der Waals surface area contributed by atoms with Crippen LogP contribution in [-0.4, -0.2) is 18.8 Å². The van der Waals surface area contributed by atoms with Crippen LogP contribution in [0.15, 0.2) is 34.1 Å². The predicted molar refractivity (Wildman–Crippen MR) is 82.8 cm³/mol. The molecule has 0 aliphatic rings. The van der Waals surface area contributed by atoms with Gasteiger partial charge in [0, 0.05) is 12.0 Å². The van der Waals surface area contributed by atoms with Crippen molar-refractivity contribution in [3.63, 3.8) is 0 Å². The third-order valence-electron chi connectivity index (χ3n) is 3.04. The van der Waals surface area contributed by atoms with Gasteiger partial charge in [0.25, 0.3) is 0 Å². The second-order valence-electron chi connectivity index (χ2n) is 4.49. The normalized spacial score (nSPS) is 12.6. The Hall–Kier alpha value is -0.680. The van der Waals surface area contributed by atoms with Gasteiger partial charge in [-0.1, -0.05) is 24.3 Å². The highest BCUT2D eigenvalue weighted by Gasteiger charge is 2.14. The number of ether oxygens (including phenoxy) is 1. The minimum Gasteiger partial charge on any atom is -0.384 e. The SMILES string of the molecule is COCCc1ccc(C(O)c2cc(C)c(Br)s2)cc1. The second-order valence-corrected chi connectivity index (χ2v) is 6.89. The first-order chi connectivity index (χ1) is 9.11. The zero-order valence-corrected chi connectivity index (χ0v) is 13.4. The lowest BCUT2D eigenvalue weighted by Crippen LogP contribution is -1.99. The topological polar surface area (TPSA) is 29.5 Å². The first-order valence-corrected chi connectivity index (χ1v) is 7.74. The molecular formula is C15H17BrO2S. The average Bonchev–Trinajstić information content (AvgIpc) is 2.76. The Morgan fingerprint density at radius 1 is 1.32 bits per heavy atom. The predicted octanol–water partition coefficient (Wildman–Crippen LogP) is 4.09. The molecule has 0 bridgehead atoms. The first-order valence-electron chi connectivity index (χ1n) is 6.13. The van der Waals surface area contributed by atoms with Crippen molar-refractivity contribution in [2.24, 2.45) is 0 Å². The van der Waals surface area contributed by atoms with Crippen molar-refractivity contribution in [2.75, 3.05) is 13.7 Å². The van der Waals surface area contributed by atoms with Crippen LogP contribution < -0.4 is 0 Å². The molecule has 0 amide bonds. The number of methoxy groups -OCH3 is 1. The van der Waals surface area contributed by atoms with Crippen LogP contribution in [0.25, 0.3) is 0 Å². The molecule has 0 saturated carbocycles. The van der Waals surface area contributed by atoms with E-state index in [1.54, 1.807) is 18.4 Å². The van der Waals surface area contributed by atoms with E-state index in [4.69, 9.17) is 4.74 Å². The van der Waals surface area contributed by atoms with Gasteiger partial charge in [0.05, 0.1) is 10.4 Å². The summed E-state index contributed by atoms with van der Waals surface area (Å²) in [5, 5.41) is 10.4. The van der Waals surface area contributed by atoms with Crippen molar-refractivity contribution < 1.29 is 9.84 Å². The number of aryl methyl sites for hydroxylation is 1. The lowest BCUT2D eigenvalue weighted by molar-refractivity contribution is 0.202. The number of aliphatic hydroxyl groups excluding tert-OH is 1. The van der Waals surface area contributed by atoms with E-state index < -0.39 is 6.10 Å². The summed E-state index contributed by atoms with van der Waals surface area (Å²) in [6.45, 7) is 2.75. The van der Waals surface area contributed by atoms with Crippen LogP contribution in [-0.2, 0) is 11.2 Å². The minimum absolute atomic E-state index is 0.550. The molecule has 1 aromatic carbocycles. The Balaban J connectivity index is 2.13. The molecule has 0 spiro atoms. The van der Waals surface area contributed by atoms with Crippen LogP contribution in [0.5, 0.6) is 0 Å². The molecule has 102 valence electrons. The third-order valence-corrected chi connectivity index (χ3v) is 5.23. The first kappa shape index (κ1) is 14.7. The fraction of sp³-hybridized carbons (Fsp3) is 0.333. The van der Waals surface area contributed by atoms with Crippen molar-refractivity contribution in [1.82, 2.24) is 0 Å². The lowest BCUT2D eigenvalue weighted by Gasteiger charge is -2.09. The summed E-state index contributed by atoms with van der Waals surface area (Å²) in [5.41, 5.74) is 3.31. The number of hydrogen-bond acceptors (Lipinski definition) is 3. The zero-order chi connectivity index (χ0) is 13.8. The molecule has 2 nitrogen and oxygen atoms in total. The summed E-state index contributed by atoms with van der Waals surface area (Å²) in [5.74, 6) is 0. The van der Waals surface area contributed by atoms with Gasteiger partial charge < -0.3 is 9.84 Å². The smallest absolute Gasteiger partial charge is 0.113 e. The number of hydrogen-bond donors (Lipinski definition) is 1. The van der Waals surface area contributed by atoms with Crippen LogP contribution in [0.4, 0.5) is 0 Å². The van der Waals surface area contributed by atoms with Crippen molar-refractivity contribution in [3.8, 4) is 0 Å². The molecule has 1 atom stereocenters. The number of halogens is 1. The van der Waals surface area contributed by atoms with E-state index >= 15 is 0 Å². The van der Waals surface area contributed by atoms with E-state index in [0.717, 1.165) is 32.8 Å². The Kier molecular flexibility index (Phi) is 5.16. The molecule has 0 aliphatic carbocycles. The molecule has 1 aromatic heterocycles. The van der Waals surface area contributed by atoms with Crippen LogP contribution in [0.3, 0.4) is 0 Å². The van der Waals surface area contributed by atoms with Gasteiger partial charge in [-0.15, -0.1) is 11.3 Å². The Morgan fingerprint density at radius 2 is 2.00 bits per heavy atom. The highest BCUT2D eigenvalue weighted by atomic mass is 79.9. The van der Waals surface area contributed by atoms with Crippen molar-refractivity contribution in [2.45, 2.75) is 19.4 Å². The molecule has 1 unspecified atom stereocenters. The van der Waals surface area contributed by atoms with Gasteiger partial charge >= 0.3 is 0 Å². The number of rotatable bonds is 5. The molecule has 0 radical (unpaired) electrons. The molecule has 1 N–H and O–H groups in total. The van der Waals surface area contributed by atoms with E-state index in [-0.39, 0.29) is 0 Å². The van der Waals surface area contributed by atoms with E-state index in [1.165, 1.54) is 5.56 Å². The maximum atomic E-state index is 10.4. The van der Waals surface area contributed by atoms with Crippen LogP contribution in [0, 0.1) is 6.92 Å². The van der Waals surface area contributed by atoms with E-state index in [0.29, 0.717) is 0 Å². The minimum atomic E-state index is -0.550. The number of aliphatic hydroxyl groups is 1. The van der Waals surface area contributed by atoms with E-state index in [2.05, 4.69) is 15.9 Å². The molecule has 2 aromatic rings. The standard InChI is InChI=1S/C15H17BrO2S/c1-10-9-13(19-15(10)16)14(17)12-5-3-11(4-6-12)7-8-18-2/h3-6,9,14,17H,7-8H2,1-2H3. The Bertz CT molecular complexity index is 514. The molecular weight excluding hydrogens is 324 g/mol. The Labute approximate surface area is 126 Å². The lowest BCUT2D eigenvalue weighted by atomic mass is 10.0. The summed E-state index contributed by atoms with van der Waals surface area (Å²) < 4.78 is 6.14. The fourth-order valence-corrected chi connectivity index (χ4v) is 3.45. The van der Waals surface area contributed by atoms with Crippen LogP contribution in [0.1, 0.15) is 27.7 Å². The van der Waals surface area contributed by atoms with Gasteiger partial charge in [-0.3, -0.25) is 0 Å². The highest BCUT2D eigenvalue weighted by molar-refractivity contribution is 9.11. The van der Waals surface area contributed by atoms with Crippen LogP contribution in [0.2, 0.25) is 0 Å². The van der Waals surface area contributed by atoms with Crippen molar-refractivity contribution in [3.05, 3.63) is 55.7 Å². The molecule has 4 heteroatoms. The summed E-state index contributed by atoms with van der Waals surface area (Å²) in [6, 6.07) is 10.1. The van der Waals surface area contributed by atoms with Crippen molar-refractivity contribution >= 4 is 27.3 Å². The molecule has 1 heterocycles. The van der Waals surface area contributed by atoms with Gasteiger partial charge in [0.2, 0.25) is 0 Å². The summed E-state index contributed by atoms with van der Waals surface area (Å²) in [7, 11) is 1.70. The monoisotopic (exact) mass is 340 g/mol. The van der Waals surface area contributed by atoms with E-state index in [1.807, 2.05) is 37.3 Å². The molecule has 0 saturated heterocycles. The zero-order valence-electron chi connectivity index (χ0n) is 11.0. The largest absolute Gasteiger partial charge is 0.384 e. The highest BCUT2D eigenvalue weighted by Crippen LogP contribution is 2.34. The molecule has 0 aliphatic heterocycles. The van der Waals surface area contributed by atoms with Crippen molar-refractivity contribution in [1.29, 1.82) is 0 Å². The molecule has 2 rings (SSSR count).